The van der Waals surface area contributed by atoms with E-state index in [4.69, 9.17) is 0 Å². The van der Waals surface area contributed by atoms with Gasteiger partial charge in [0, 0.05) is 0 Å². The maximum absolute atomic E-state index is 13.1. The van der Waals surface area contributed by atoms with Crippen LogP contribution in [0.15, 0.2) is 66.0 Å². The van der Waals surface area contributed by atoms with Crippen LogP contribution < -0.4 is 4.57 Å². The highest BCUT2D eigenvalue weighted by molar-refractivity contribution is 7.13. The molecule has 0 saturated carbocycles. The molecule has 2 nitrogen and oxygen atoms in total. The lowest BCUT2D eigenvalue weighted by molar-refractivity contribution is -0.650. The molecule has 4 rings (SSSR count). The molecule has 0 aliphatic carbocycles. The highest BCUT2D eigenvalue weighted by Gasteiger charge is 2.20. The number of rotatable bonds is 3. The standard InChI is InChI=1S/C18H13FN2S/c19-14-9-7-13(8-10-14)12-21-16-5-2-1-4-15(16)20-18(21)17-6-3-11-22-17/h1-11H,12H2/p+1. The molecule has 4 heteroatoms. The monoisotopic (exact) mass is 309 g/mol. The van der Waals surface area contributed by atoms with Crippen molar-refractivity contribution in [1.29, 1.82) is 0 Å². The summed E-state index contributed by atoms with van der Waals surface area (Å²) in [7, 11) is 0. The third-order valence-corrected chi connectivity index (χ3v) is 4.60. The van der Waals surface area contributed by atoms with Crippen molar-refractivity contribution in [3.05, 3.63) is 77.4 Å². The minimum absolute atomic E-state index is 0.203. The van der Waals surface area contributed by atoms with Gasteiger partial charge in [0.1, 0.15) is 17.2 Å². The molecule has 0 amide bonds. The molecule has 22 heavy (non-hydrogen) atoms. The fourth-order valence-electron chi connectivity index (χ4n) is 2.67. The Balaban J connectivity index is 1.87. The Morgan fingerprint density at radius 1 is 0.955 bits per heavy atom. The van der Waals surface area contributed by atoms with Crippen molar-refractivity contribution in [2.45, 2.75) is 6.54 Å². The average molecular weight is 309 g/mol. The van der Waals surface area contributed by atoms with Crippen LogP contribution in [0.2, 0.25) is 0 Å². The van der Waals surface area contributed by atoms with Crippen molar-refractivity contribution in [3.63, 3.8) is 0 Å². The minimum atomic E-state index is -0.203. The zero-order valence-corrected chi connectivity index (χ0v) is 12.6. The number of hydrogen-bond donors (Lipinski definition) is 1. The lowest BCUT2D eigenvalue weighted by Crippen LogP contribution is -2.35. The van der Waals surface area contributed by atoms with Gasteiger partial charge in [-0.05, 0) is 41.3 Å². The number of fused-ring (bicyclic) bond motifs is 1. The average Bonchev–Trinajstić information content (AvgIpc) is 3.18. The van der Waals surface area contributed by atoms with E-state index in [9.17, 15) is 4.39 Å². The first-order valence-corrected chi connectivity index (χ1v) is 7.98. The number of aromatic nitrogens is 2. The largest absolute Gasteiger partial charge is 0.298 e. The molecule has 0 aliphatic rings. The molecule has 2 aromatic heterocycles. The fraction of sp³-hybridized carbons (Fsp3) is 0.0556. The van der Waals surface area contributed by atoms with Gasteiger partial charge in [-0.1, -0.05) is 30.3 Å². The number of H-pyrrole nitrogens is 1. The van der Waals surface area contributed by atoms with Gasteiger partial charge in [-0.3, -0.25) is 0 Å². The van der Waals surface area contributed by atoms with E-state index in [0.717, 1.165) is 22.4 Å². The van der Waals surface area contributed by atoms with E-state index >= 15 is 0 Å². The smallest absolute Gasteiger partial charge is 0.236 e. The lowest BCUT2D eigenvalue weighted by atomic mass is 10.2. The number of para-hydroxylation sites is 2. The molecular weight excluding hydrogens is 295 g/mol. The van der Waals surface area contributed by atoms with Gasteiger partial charge in [0.2, 0.25) is 0 Å². The molecular formula is C18H14FN2S+. The Labute approximate surface area is 131 Å². The van der Waals surface area contributed by atoms with Gasteiger partial charge >= 0.3 is 0 Å². The van der Waals surface area contributed by atoms with E-state index in [1.54, 1.807) is 11.3 Å². The van der Waals surface area contributed by atoms with Crippen molar-refractivity contribution in [1.82, 2.24) is 4.98 Å². The number of nitrogens with zero attached hydrogens (tertiary/aromatic N) is 1. The summed E-state index contributed by atoms with van der Waals surface area (Å²) in [6.07, 6.45) is 0. The van der Waals surface area contributed by atoms with E-state index in [1.165, 1.54) is 17.0 Å². The fourth-order valence-corrected chi connectivity index (χ4v) is 3.41. The number of nitrogens with one attached hydrogen (secondary N) is 1. The van der Waals surface area contributed by atoms with Crippen molar-refractivity contribution in [2.75, 3.05) is 0 Å². The third-order valence-electron chi connectivity index (χ3n) is 3.73. The third kappa shape index (κ3) is 2.31. The molecule has 0 bridgehead atoms. The van der Waals surface area contributed by atoms with Crippen LogP contribution in [0.3, 0.4) is 0 Å². The molecule has 0 spiro atoms. The first kappa shape index (κ1) is 13.2. The van der Waals surface area contributed by atoms with Gasteiger partial charge in [0.25, 0.3) is 5.82 Å². The Bertz CT molecular complexity index is 908. The molecule has 4 aromatic rings. The van der Waals surface area contributed by atoms with Crippen LogP contribution in [0.1, 0.15) is 5.56 Å². The number of thiophene rings is 1. The summed E-state index contributed by atoms with van der Waals surface area (Å²) in [5.74, 6) is 0.881. The number of hydrogen-bond acceptors (Lipinski definition) is 1. The van der Waals surface area contributed by atoms with Gasteiger partial charge in [-0.15, -0.1) is 11.3 Å². The van der Waals surface area contributed by atoms with E-state index in [1.807, 2.05) is 30.3 Å². The normalized spacial score (nSPS) is 11.1. The Kier molecular flexibility index (Phi) is 3.24. The highest BCUT2D eigenvalue weighted by Crippen LogP contribution is 2.23. The van der Waals surface area contributed by atoms with Crippen molar-refractivity contribution < 1.29 is 8.96 Å². The first-order valence-electron chi connectivity index (χ1n) is 7.10. The van der Waals surface area contributed by atoms with Crippen LogP contribution in [-0.4, -0.2) is 4.98 Å². The van der Waals surface area contributed by atoms with Crippen molar-refractivity contribution in [3.8, 4) is 10.7 Å². The Morgan fingerprint density at radius 3 is 2.55 bits per heavy atom. The summed E-state index contributed by atoms with van der Waals surface area (Å²) in [6.45, 7) is 0.706. The molecule has 0 radical (unpaired) electrons. The van der Waals surface area contributed by atoms with Gasteiger partial charge in [-0.25, -0.2) is 13.9 Å². The van der Waals surface area contributed by atoms with E-state index in [-0.39, 0.29) is 5.82 Å². The summed E-state index contributed by atoms with van der Waals surface area (Å²) in [5.41, 5.74) is 3.33. The zero-order chi connectivity index (χ0) is 14.9. The molecule has 0 aliphatic heterocycles. The highest BCUT2D eigenvalue weighted by atomic mass is 32.1. The van der Waals surface area contributed by atoms with Crippen molar-refractivity contribution >= 4 is 22.4 Å². The second-order valence-corrected chi connectivity index (χ2v) is 6.13. The SMILES string of the molecule is Fc1ccc(C[n+]2c(-c3cccs3)[nH]c3ccccc32)cc1. The van der Waals surface area contributed by atoms with Crippen LogP contribution in [0, 0.1) is 5.82 Å². The summed E-state index contributed by atoms with van der Waals surface area (Å²) in [5, 5.41) is 2.07. The predicted molar refractivity (Wildman–Crippen MR) is 87.3 cm³/mol. The zero-order valence-electron chi connectivity index (χ0n) is 11.8. The second kappa shape index (κ2) is 5.39. The molecule has 0 unspecified atom stereocenters. The molecule has 0 fully saturated rings. The number of imidazole rings is 1. The number of halogens is 1. The molecule has 0 saturated heterocycles. The van der Waals surface area contributed by atoms with E-state index in [2.05, 4.69) is 33.1 Å². The molecule has 108 valence electrons. The topological polar surface area (TPSA) is 19.7 Å². The van der Waals surface area contributed by atoms with Crippen LogP contribution in [0.5, 0.6) is 0 Å². The minimum Gasteiger partial charge on any atom is -0.236 e. The summed E-state index contributed by atoms with van der Waals surface area (Å²) in [6, 6.07) is 19.1. The molecule has 1 N–H and O–H groups in total. The maximum Gasteiger partial charge on any atom is 0.298 e. The molecule has 2 heterocycles. The predicted octanol–water partition coefficient (Wildman–Crippen LogP) is 4.37. The number of aromatic amines is 1. The lowest BCUT2D eigenvalue weighted by Gasteiger charge is -2.02. The van der Waals surface area contributed by atoms with Crippen LogP contribution in [-0.2, 0) is 6.54 Å². The second-order valence-electron chi connectivity index (χ2n) is 5.18. The maximum atomic E-state index is 13.1. The van der Waals surface area contributed by atoms with Gasteiger partial charge in [-0.2, -0.15) is 0 Å². The molecule has 2 aromatic carbocycles. The summed E-state index contributed by atoms with van der Waals surface area (Å²) < 4.78 is 15.4. The quantitative estimate of drug-likeness (QED) is 0.542. The summed E-state index contributed by atoms with van der Waals surface area (Å²) in [4.78, 5) is 4.69. The Hall–Kier alpha value is -2.46. The van der Waals surface area contributed by atoms with E-state index in [0.29, 0.717) is 6.54 Å². The summed E-state index contributed by atoms with van der Waals surface area (Å²) >= 11 is 1.71. The van der Waals surface area contributed by atoms with Gasteiger partial charge in [0.15, 0.2) is 11.0 Å². The van der Waals surface area contributed by atoms with Gasteiger partial charge < -0.3 is 0 Å². The van der Waals surface area contributed by atoms with Crippen LogP contribution >= 0.6 is 11.3 Å². The van der Waals surface area contributed by atoms with Crippen molar-refractivity contribution in [2.24, 2.45) is 0 Å². The van der Waals surface area contributed by atoms with Gasteiger partial charge in [0.05, 0.1) is 0 Å². The van der Waals surface area contributed by atoms with E-state index < -0.39 is 0 Å². The Morgan fingerprint density at radius 2 is 1.77 bits per heavy atom. The molecule has 0 atom stereocenters. The van der Waals surface area contributed by atoms with Crippen LogP contribution in [0.4, 0.5) is 4.39 Å². The van der Waals surface area contributed by atoms with Crippen LogP contribution in [0.25, 0.3) is 21.7 Å². The first-order chi connectivity index (χ1) is 10.8. The number of benzene rings is 2.